The average molecular weight is 307 g/mol. The van der Waals surface area contributed by atoms with E-state index in [1.807, 2.05) is 18.2 Å². The third kappa shape index (κ3) is 4.32. The molecule has 1 aromatic carbocycles. The summed E-state index contributed by atoms with van der Waals surface area (Å²) in [6.07, 6.45) is 4.73. The molecule has 5 nitrogen and oxygen atoms in total. The second-order valence-corrected chi connectivity index (χ2v) is 5.73. The number of nitrogens with zero attached hydrogens (tertiary/aromatic N) is 2. The van der Waals surface area contributed by atoms with E-state index in [2.05, 4.69) is 17.1 Å². The van der Waals surface area contributed by atoms with Gasteiger partial charge in [0.1, 0.15) is 5.01 Å². The van der Waals surface area contributed by atoms with Gasteiger partial charge < -0.3 is 15.2 Å². The van der Waals surface area contributed by atoms with Crippen LogP contribution in [0.5, 0.6) is 11.5 Å². The molecule has 0 atom stereocenters. The summed E-state index contributed by atoms with van der Waals surface area (Å²) in [5, 5.41) is 9.09. The first-order valence-corrected chi connectivity index (χ1v) is 7.96. The van der Waals surface area contributed by atoms with Crippen LogP contribution in [0.1, 0.15) is 32.6 Å². The van der Waals surface area contributed by atoms with Crippen molar-refractivity contribution >= 4 is 16.5 Å². The molecule has 114 valence electrons. The van der Waals surface area contributed by atoms with Gasteiger partial charge in [-0.1, -0.05) is 37.5 Å². The molecule has 0 aliphatic rings. The number of hydrogen-bond acceptors (Lipinski definition) is 6. The number of ether oxygens (including phenoxy) is 2. The lowest BCUT2D eigenvalue weighted by molar-refractivity contribution is 0.285. The molecule has 0 fully saturated rings. The lowest BCUT2D eigenvalue weighted by atomic mass is 10.2. The summed E-state index contributed by atoms with van der Waals surface area (Å²) < 4.78 is 11.2. The highest BCUT2D eigenvalue weighted by molar-refractivity contribution is 7.18. The summed E-state index contributed by atoms with van der Waals surface area (Å²) in [6.45, 7) is 2.91. The molecule has 0 radical (unpaired) electrons. The third-order valence-electron chi connectivity index (χ3n) is 3.11. The van der Waals surface area contributed by atoms with Crippen molar-refractivity contribution in [1.82, 2.24) is 10.2 Å². The van der Waals surface area contributed by atoms with E-state index in [0.29, 0.717) is 17.5 Å². The van der Waals surface area contributed by atoms with Crippen molar-refractivity contribution in [3.8, 4) is 22.1 Å². The maximum atomic E-state index is 5.79. The van der Waals surface area contributed by atoms with Gasteiger partial charge in [-0.25, -0.2) is 0 Å². The van der Waals surface area contributed by atoms with Crippen LogP contribution >= 0.6 is 11.3 Å². The van der Waals surface area contributed by atoms with E-state index >= 15 is 0 Å². The molecule has 0 aliphatic carbocycles. The summed E-state index contributed by atoms with van der Waals surface area (Å²) in [5.41, 5.74) is 6.54. The topological polar surface area (TPSA) is 70.3 Å². The van der Waals surface area contributed by atoms with E-state index in [1.54, 1.807) is 7.11 Å². The van der Waals surface area contributed by atoms with E-state index in [9.17, 15) is 0 Å². The summed E-state index contributed by atoms with van der Waals surface area (Å²) in [5.74, 6) is 1.46. The number of hydrogen-bond donors (Lipinski definition) is 1. The minimum absolute atomic E-state index is 0.459. The zero-order valence-corrected chi connectivity index (χ0v) is 13.3. The molecule has 1 heterocycles. The highest BCUT2D eigenvalue weighted by atomic mass is 32.1. The molecule has 6 heteroatoms. The summed E-state index contributed by atoms with van der Waals surface area (Å²) in [7, 11) is 1.64. The van der Waals surface area contributed by atoms with Gasteiger partial charge in [-0.2, -0.15) is 0 Å². The summed E-state index contributed by atoms with van der Waals surface area (Å²) in [6, 6.07) is 5.76. The Kier molecular flexibility index (Phi) is 5.80. The Morgan fingerprint density at radius 3 is 2.67 bits per heavy atom. The van der Waals surface area contributed by atoms with Gasteiger partial charge in [-0.3, -0.25) is 0 Å². The van der Waals surface area contributed by atoms with Gasteiger partial charge in [0.15, 0.2) is 11.5 Å². The molecule has 0 spiro atoms. The van der Waals surface area contributed by atoms with Crippen LogP contribution < -0.4 is 15.2 Å². The van der Waals surface area contributed by atoms with E-state index in [1.165, 1.54) is 30.6 Å². The van der Waals surface area contributed by atoms with Gasteiger partial charge in [0.2, 0.25) is 5.13 Å². The van der Waals surface area contributed by atoms with Crippen LogP contribution in [-0.4, -0.2) is 23.9 Å². The van der Waals surface area contributed by atoms with E-state index in [4.69, 9.17) is 15.2 Å². The Morgan fingerprint density at radius 1 is 1.14 bits per heavy atom. The van der Waals surface area contributed by atoms with Crippen molar-refractivity contribution in [2.45, 2.75) is 32.6 Å². The number of nitrogens with two attached hydrogens (primary N) is 1. The van der Waals surface area contributed by atoms with Crippen LogP contribution in [0.2, 0.25) is 0 Å². The molecular formula is C15H21N3O2S. The van der Waals surface area contributed by atoms with E-state index in [-0.39, 0.29) is 0 Å². The molecule has 0 unspecified atom stereocenters. The first kappa shape index (κ1) is 15.6. The second-order valence-electron chi connectivity index (χ2n) is 4.72. The van der Waals surface area contributed by atoms with Gasteiger partial charge in [0.05, 0.1) is 13.7 Å². The largest absolute Gasteiger partial charge is 0.493 e. The molecule has 2 N–H and O–H groups in total. The minimum atomic E-state index is 0.459. The van der Waals surface area contributed by atoms with Crippen molar-refractivity contribution in [3.63, 3.8) is 0 Å². The van der Waals surface area contributed by atoms with Crippen molar-refractivity contribution in [3.05, 3.63) is 18.2 Å². The standard InChI is InChI=1S/C15H21N3O2S/c1-3-4-5-6-9-20-12-8-7-11(10-13(12)19-2)14-17-18-15(16)21-14/h7-8,10H,3-6,9H2,1-2H3,(H2,16,18). The Balaban J connectivity index is 2.02. The number of benzene rings is 1. The minimum Gasteiger partial charge on any atom is -0.493 e. The van der Waals surface area contributed by atoms with Crippen molar-refractivity contribution in [2.75, 3.05) is 19.5 Å². The fourth-order valence-corrected chi connectivity index (χ4v) is 2.59. The number of unbranched alkanes of at least 4 members (excludes halogenated alkanes) is 3. The lowest BCUT2D eigenvalue weighted by Crippen LogP contribution is -1.99. The van der Waals surface area contributed by atoms with Crippen LogP contribution in [0.3, 0.4) is 0 Å². The number of rotatable bonds is 8. The zero-order valence-electron chi connectivity index (χ0n) is 12.5. The molecular weight excluding hydrogens is 286 g/mol. The predicted molar refractivity (Wildman–Crippen MR) is 85.9 cm³/mol. The van der Waals surface area contributed by atoms with Gasteiger partial charge >= 0.3 is 0 Å². The highest BCUT2D eigenvalue weighted by Crippen LogP contribution is 2.34. The Labute approximate surface area is 129 Å². The van der Waals surface area contributed by atoms with Crippen LogP contribution in [0.4, 0.5) is 5.13 Å². The number of methoxy groups -OCH3 is 1. The number of nitrogen functional groups attached to an aromatic ring is 1. The van der Waals surface area contributed by atoms with E-state index in [0.717, 1.165) is 22.7 Å². The normalized spacial score (nSPS) is 10.6. The van der Waals surface area contributed by atoms with Crippen LogP contribution in [-0.2, 0) is 0 Å². The molecule has 0 bridgehead atoms. The molecule has 2 aromatic rings. The quantitative estimate of drug-likeness (QED) is 0.752. The van der Waals surface area contributed by atoms with E-state index < -0.39 is 0 Å². The Bertz CT molecular complexity index is 572. The van der Waals surface area contributed by atoms with Crippen LogP contribution in [0.15, 0.2) is 18.2 Å². The maximum Gasteiger partial charge on any atom is 0.203 e. The zero-order chi connectivity index (χ0) is 15.1. The highest BCUT2D eigenvalue weighted by Gasteiger charge is 2.10. The smallest absolute Gasteiger partial charge is 0.203 e. The van der Waals surface area contributed by atoms with Crippen LogP contribution in [0.25, 0.3) is 10.6 Å². The van der Waals surface area contributed by atoms with Gasteiger partial charge in [-0.15, -0.1) is 10.2 Å². The van der Waals surface area contributed by atoms with Gasteiger partial charge in [-0.05, 0) is 24.6 Å². The first-order valence-electron chi connectivity index (χ1n) is 7.14. The molecule has 0 aliphatic heterocycles. The fourth-order valence-electron chi connectivity index (χ4n) is 1.98. The molecule has 0 saturated carbocycles. The first-order chi connectivity index (χ1) is 10.2. The molecule has 1 aromatic heterocycles. The Morgan fingerprint density at radius 2 is 2.00 bits per heavy atom. The van der Waals surface area contributed by atoms with Crippen LogP contribution in [0, 0.1) is 0 Å². The predicted octanol–water partition coefficient (Wildman–Crippen LogP) is 3.76. The molecule has 2 rings (SSSR count). The number of aromatic nitrogens is 2. The monoisotopic (exact) mass is 307 g/mol. The summed E-state index contributed by atoms with van der Waals surface area (Å²) in [4.78, 5) is 0. The molecule has 21 heavy (non-hydrogen) atoms. The van der Waals surface area contributed by atoms with Crippen molar-refractivity contribution in [1.29, 1.82) is 0 Å². The lowest BCUT2D eigenvalue weighted by Gasteiger charge is -2.11. The number of anilines is 1. The van der Waals surface area contributed by atoms with Gasteiger partial charge in [0.25, 0.3) is 0 Å². The summed E-state index contributed by atoms with van der Waals surface area (Å²) >= 11 is 1.35. The molecule has 0 saturated heterocycles. The van der Waals surface area contributed by atoms with Crippen molar-refractivity contribution < 1.29 is 9.47 Å². The SMILES string of the molecule is CCCCCCOc1ccc(-c2nnc(N)s2)cc1OC. The Hall–Kier alpha value is -1.82. The maximum absolute atomic E-state index is 5.79. The fraction of sp³-hybridized carbons (Fsp3) is 0.467. The molecule has 0 amide bonds. The van der Waals surface area contributed by atoms with Gasteiger partial charge in [0, 0.05) is 5.56 Å². The van der Waals surface area contributed by atoms with Crippen molar-refractivity contribution in [2.24, 2.45) is 0 Å². The second kappa shape index (κ2) is 7.83. The average Bonchev–Trinajstić information content (AvgIpc) is 2.93. The third-order valence-corrected chi connectivity index (χ3v) is 3.91.